The van der Waals surface area contributed by atoms with Crippen LogP contribution in [0.2, 0.25) is 0 Å². The van der Waals surface area contributed by atoms with Crippen LogP contribution in [0, 0.1) is 11.8 Å². The molecule has 3 heterocycles. The molecule has 3 N–H and O–H groups in total. The van der Waals surface area contributed by atoms with Crippen molar-refractivity contribution in [3.63, 3.8) is 0 Å². The largest absolute Gasteiger partial charge is 0.481 e. The number of carbonyl (C=O) groups excluding carboxylic acids is 2. The Morgan fingerprint density at radius 3 is 2.31 bits per heavy atom. The van der Waals surface area contributed by atoms with Crippen molar-refractivity contribution >= 4 is 35.1 Å². The van der Waals surface area contributed by atoms with Crippen LogP contribution in [0.25, 0.3) is 5.52 Å². The Kier molecular flexibility index (Phi) is 14.6. The number of amides is 1. The van der Waals surface area contributed by atoms with Crippen LogP contribution in [0.4, 0.5) is 5.82 Å². The average molecular weight is 494 g/mol. The molecule has 0 aromatic carbocycles. The third-order valence-electron chi connectivity index (χ3n) is 4.13. The van der Waals surface area contributed by atoms with E-state index in [1.54, 1.807) is 4.52 Å². The number of aromatic nitrogens is 3. The quantitative estimate of drug-likeness (QED) is 0.501. The number of nitrogens with one attached hydrogen (secondary N) is 1. The van der Waals surface area contributed by atoms with E-state index >= 15 is 0 Å². The minimum atomic E-state index is -0.833. The lowest BCUT2D eigenvalue weighted by molar-refractivity contribution is -0.145. The van der Waals surface area contributed by atoms with Gasteiger partial charge in [-0.05, 0) is 31.4 Å². The molecule has 3 rings (SSSR count). The van der Waals surface area contributed by atoms with Crippen molar-refractivity contribution in [1.82, 2.24) is 14.6 Å². The summed E-state index contributed by atoms with van der Waals surface area (Å²) in [5.74, 6) is -1.54. The molecule has 0 radical (unpaired) electrons. The number of esters is 1. The molecule has 2 unspecified atom stereocenters. The lowest BCUT2D eigenvalue weighted by Crippen LogP contribution is -2.17. The van der Waals surface area contributed by atoms with E-state index in [0.29, 0.717) is 12.2 Å². The molecule has 1 saturated heterocycles. The monoisotopic (exact) mass is 493 g/mol. The fourth-order valence-corrected chi connectivity index (χ4v) is 2.97. The number of carboxylic acid groups (broad SMARTS) is 2. The molecule has 0 aliphatic carbocycles. The van der Waals surface area contributed by atoms with Crippen molar-refractivity contribution in [2.75, 3.05) is 11.9 Å². The maximum absolute atomic E-state index is 11.8. The maximum atomic E-state index is 11.8. The first-order valence-electron chi connectivity index (χ1n) is 10.6. The van der Waals surface area contributed by atoms with Gasteiger partial charge in [0.25, 0.3) is 11.9 Å². The smallest absolute Gasteiger partial charge is 0.302 e. The molecule has 2 aromatic heterocycles. The van der Waals surface area contributed by atoms with Gasteiger partial charge in [0.1, 0.15) is 24.6 Å². The maximum Gasteiger partial charge on any atom is 0.302 e. The number of ether oxygens (including phenoxy) is 2. The van der Waals surface area contributed by atoms with Crippen molar-refractivity contribution in [3.8, 4) is 6.57 Å². The highest BCUT2D eigenvalue weighted by Crippen LogP contribution is 2.34. The minimum Gasteiger partial charge on any atom is -0.481 e. The normalized spacial score (nSPS) is 15.7. The number of hydrogen-bond acceptors (Lipinski definition) is 9. The molecule has 2 aromatic rings. The molecular formula is C22H31N5O8. The van der Waals surface area contributed by atoms with Crippen molar-refractivity contribution in [1.29, 1.82) is 5.26 Å². The first-order valence-corrected chi connectivity index (χ1v) is 10.6. The van der Waals surface area contributed by atoms with E-state index in [-0.39, 0.29) is 30.7 Å². The first-order chi connectivity index (χ1) is 16.5. The molecular weight excluding hydrogens is 462 g/mol. The second-order valence-corrected chi connectivity index (χ2v) is 7.13. The SMILES string of the molecule is C#N.CC(=O)O.CC(=O)O.CCCC(=O)Nc1ncnn2c(C3CCC(COC(C)=O)O3)ccc12. The number of rotatable bonds is 6. The highest BCUT2D eigenvalue weighted by atomic mass is 16.6. The number of carboxylic acids is 2. The molecule has 2 atom stereocenters. The summed E-state index contributed by atoms with van der Waals surface area (Å²) in [6.07, 6.45) is 4.05. The Hall–Kier alpha value is -4.05. The van der Waals surface area contributed by atoms with Gasteiger partial charge in [-0.15, -0.1) is 0 Å². The minimum absolute atomic E-state index is 0.0654. The number of carbonyl (C=O) groups is 4. The Bertz CT molecular complexity index is 984. The summed E-state index contributed by atoms with van der Waals surface area (Å²) in [5.41, 5.74) is 1.63. The van der Waals surface area contributed by atoms with Gasteiger partial charge >= 0.3 is 5.97 Å². The number of nitriles is 1. The Balaban J connectivity index is 0.000000994. The van der Waals surface area contributed by atoms with Crippen molar-refractivity contribution in [2.24, 2.45) is 0 Å². The van der Waals surface area contributed by atoms with Crippen LogP contribution in [0.5, 0.6) is 0 Å². The molecule has 1 amide bonds. The van der Waals surface area contributed by atoms with Gasteiger partial charge in [-0.25, -0.2) is 14.8 Å². The second kappa shape index (κ2) is 16.5. The number of aliphatic carboxylic acids is 2. The molecule has 192 valence electrons. The van der Waals surface area contributed by atoms with E-state index in [1.807, 2.05) is 19.1 Å². The summed E-state index contributed by atoms with van der Waals surface area (Å²) in [6, 6.07) is 3.80. The standard InChI is InChI=1S/C17H22N4O4.2C2H4O2.CHN/c1-3-4-16(23)20-17-14-7-6-13(21(14)19-10-18-17)15-8-5-12(25-15)9-24-11(2)22;2*1-2(3)4;1-2/h6-7,10,12,15H,3-5,8-9H2,1-2H3,(H,18,19,20,23);2*1H3,(H,3,4);1H. The second-order valence-electron chi connectivity index (χ2n) is 7.13. The van der Waals surface area contributed by atoms with Gasteiger partial charge in [0.15, 0.2) is 5.82 Å². The lowest BCUT2D eigenvalue weighted by atomic mass is 10.1. The lowest BCUT2D eigenvalue weighted by Gasteiger charge is -2.14. The zero-order valence-corrected chi connectivity index (χ0v) is 20.1. The van der Waals surface area contributed by atoms with Crippen LogP contribution in [0.3, 0.4) is 0 Å². The number of hydrogen-bond donors (Lipinski definition) is 3. The topological polar surface area (TPSA) is 193 Å². The molecule has 1 fully saturated rings. The van der Waals surface area contributed by atoms with Crippen LogP contribution in [-0.2, 0) is 28.7 Å². The van der Waals surface area contributed by atoms with Gasteiger partial charge < -0.3 is 25.0 Å². The molecule has 1 aliphatic heterocycles. The highest BCUT2D eigenvalue weighted by Gasteiger charge is 2.29. The zero-order chi connectivity index (χ0) is 27.0. The van der Waals surface area contributed by atoms with Crippen LogP contribution >= 0.6 is 0 Å². The fraction of sp³-hybridized carbons (Fsp3) is 0.500. The number of fused-ring (bicyclic) bond motifs is 1. The third-order valence-corrected chi connectivity index (χ3v) is 4.13. The average Bonchev–Trinajstić information content (AvgIpc) is 3.40. The van der Waals surface area contributed by atoms with E-state index in [9.17, 15) is 9.59 Å². The van der Waals surface area contributed by atoms with E-state index < -0.39 is 11.9 Å². The Labute approximate surface area is 202 Å². The predicted octanol–water partition coefficient (Wildman–Crippen LogP) is 2.57. The summed E-state index contributed by atoms with van der Waals surface area (Å²) < 4.78 is 12.7. The molecule has 13 heteroatoms. The summed E-state index contributed by atoms with van der Waals surface area (Å²) in [7, 11) is 0. The van der Waals surface area contributed by atoms with Crippen LogP contribution < -0.4 is 5.32 Å². The van der Waals surface area contributed by atoms with E-state index in [1.165, 1.54) is 13.3 Å². The van der Waals surface area contributed by atoms with Crippen molar-refractivity contribution < 1.29 is 38.9 Å². The van der Waals surface area contributed by atoms with Gasteiger partial charge in [-0.2, -0.15) is 5.10 Å². The Morgan fingerprint density at radius 2 is 1.77 bits per heavy atom. The predicted molar refractivity (Wildman–Crippen MR) is 123 cm³/mol. The fourth-order valence-electron chi connectivity index (χ4n) is 2.97. The molecule has 0 spiro atoms. The summed E-state index contributed by atoms with van der Waals surface area (Å²) in [5, 5.41) is 28.4. The van der Waals surface area contributed by atoms with E-state index in [2.05, 4.69) is 22.0 Å². The molecule has 13 nitrogen and oxygen atoms in total. The molecule has 0 bridgehead atoms. The summed E-state index contributed by atoms with van der Waals surface area (Å²) in [6.45, 7) is 9.27. The van der Waals surface area contributed by atoms with Crippen LogP contribution in [0.15, 0.2) is 18.5 Å². The van der Waals surface area contributed by atoms with Gasteiger partial charge in [-0.1, -0.05) is 6.92 Å². The van der Waals surface area contributed by atoms with Gasteiger partial charge in [-0.3, -0.25) is 19.2 Å². The molecule has 35 heavy (non-hydrogen) atoms. The number of nitrogens with zero attached hydrogens (tertiary/aromatic N) is 4. The van der Waals surface area contributed by atoms with Crippen molar-refractivity contribution in [3.05, 3.63) is 24.2 Å². The van der Waals surface area contributed by atoms with Gasteiger partial charge in [0, 0.05) is 33.8 Å². The highest BCUT2D eigenvalue weighted by molar-refractivity contribution is 5.93. The molecule has 1 aliphatic rings. The molecule has 0 saturated carbocycles. The van der Waals surface area contributed by atoms with Gasteiger partial charge in [0.05, 0.1) is 11.8 Å². The summed E-state index contributed by atoms with van der Waals surface area (Å²) in [4.78, 5) is 44.9. The third kappa shape index (κ3) is 12.1. The van der Waals surface area contributed by atoms with Crippen molar-refractivity contribution in [2.45, 2.75) is 65.6 Å². The summed E-state index contributed by atoms with van der Waals surface area (Å²) >= 11 is 0. The van der Waals surface area contributed by atoms with Gasteiger partial charge in [0.2, 0.25) is 5.91 Å². The van der Waals surface area contributed by atoms with E-state index in [0.717, 1.165) is 44.3 Å². The zero-order valence-electron chi connectivity index (χ0n) is 20.1. The first kappa shape index (κ1) is 30.9. The van der Waals surface area contributed by atoms with E-state index in [4.69, 9.17) is 34.5 Å². The number of anilines is 1. The Morgan fingerprint density at radius 1 is 1.17 bits per heavy atom. The van der Waals surface area contributed by atoms with Crippen LogP contribution in [0.1, 0.15) is 65.2 Å². The van der Waals surface area contributed by atoms with Crippen LogP contribution in [-0.4, -0.2) is 61.3 Å².